The van der Waals surface area contributed by atoms with Crippen molar-refractivity contribution in [1.82, 2.24) is 4.98 Å². The van der Waals surface area contributed by atoms with E-state index in [9.17, 15) is 4.79 Å². The molecule has 21 heavy (non-hydrogen) atoms. The van der Waals surface area contributed by atoms with Crippen molar-refractivity contribution >= 4 is 34.8 Å². The molecular weight excluding hydrogens is 310 g/mol. The minimum absolute atomic E-state index is 0. The number of hydrogen-bond acceptors (Lipinski definition) is 5. The van der Waals surface area contributed by atoms with E-state index in [1.54, 1.807) is 14.0 Å². The number of ether oxygens (including phenoxy) is 1. The predicted octanol–water partition coefficient (Wildman–Crippen LogP) is 2.83. The molecule has 0 aliphatic rings. The van der Waals surface area contributed by atoms with E-state index in [2.05, 4.69) is 10.3 Å². The topological polar surface area (TPSA) is 77.2 Å². The van der Waals surface area contributed by atoms with Crippen LogP contribution in [0.4, 0.5) is 5.13 Å². The van der Waals surface area contributed by atoms with E-state index >= 15 is 0 Å². The molecule has 0 aliphatic carbocycles. The number of nitrogens with two attached hydrogens (primary N) is 1. The number of carbonyl (C=O) groups is 1. The van der Waals surface area contributed by atoms with Gasteiger partial charge < -0.3 is 15.8 Å². The lowest BCUT2D eigenvalue weighted by Crippen LogP contribution is -2.32. The molecule has 1 heterocycles. The van der Waals surface area contributed by atoms with Crippen LogP contribution in [0.1, 0.15) is 11.8 Å². The zero-order valence-corrected chi connectivity index (χ0v) is 13.7. The Bertz CT molecular complexity index is 611. The van der Waals surface area contributed by atoms with Crippen molar-refractivity contribution in [2.45, 2.75) is 19.9 Å². The lowest BCUT2D eigenvalue weighted by Gasteiger charge is -2.03. The maximum absolute atomic E-state index is 11.6. The van der Waals surface area contributed by atoms with Crippen LogP contribution >= 0.6 is 23.7 Å². The molecule has 1 amide bonds. The molecule has 0 fully saturated rings. The molecule has 0 bridgehead atoms. The normalized spacial score (nSPS) is 11.4. The Kier molecular flexibility index (Phi) is 6.14. The number of halogens is 1. The number of rotatable bonds is 4. The van der Waals surface area contributed by atoms with Crippen LogP contribution in [0.3, 0.4) is 0 Å². The van der Waals surface area contributed by atoms with Crippen LogP contribution in [0.2, 0.25) is 0 Å². The fraction of sp³-hybridized carbons (Fsp3) is 0.286. The molecule has 1 aromatic heterocycles. The Morgan fingerprint density at radius 1 is 1.38 bits per heavy atom. The summed E-state index contributed by atoms with van der Waals surface area (Å²) in [6, 6.07) is 7.10. The summed E-state index contributed by atoms with van der Waals surface area (Å²) in [5.74, 6) is 0.562. The predicted molar refractivity (Wildman–Crippen MR) is 88.4 cm³/mol. The van der Waals surface area contributed by atoms with Gasteiger partial charge in [-0.05, 0) is 38.1 Å². The summed E-state index contributed by atoms with van der Waals surface area (Å²) in [6.45, 7) is 3.61. The SMILES string of the molecule is COc1ccc(-c2nc(NC(=O)[C@H](C)N)sc2C)cc1.Cl. The summed E-state index contributed by atoms with van der Waals surface area (Å²) in [5, 5.41) is 3.28. The van der Waals surface area contributed by atoms with Gasteiger partial charge in [0, 0.05) is 10.4 Å². The number of carbonyl (C=O) groups excluding carboxylic acids is 1. The lowest BCUT2D eigenvalue weighted by atomic mass is 10.1. The van der Waals surface area contributed by atoms with Gasteiger partial charge in [-0.25, -0.2) is 4.98 Å². The van der Waals surface area contributed by atoms with Crippen molar-refractivity contribution in [1.29, 1.82) is 0 Å². The second-order valence-electron chi connectivity index (χ2n) is 4.43. The van der Waals surface area contributed by atoms with Gasteiger partial charge in [0.1, 0.15) is 5.75 Å². The van der Waals surface area contributed by atoms with Crippen LogP contribution in [-0.2, 0) is 4.79 Å². The minimum atomic E-state index is -0.552. The molecule has 7 heteroatoms. The summed E-state index contributed by atoms with van der Waals surface area (Å²) in [5.41, 5.74) is 7.37. The molecule has 5 nitrogen and oxygen atoms in total. The quantitative estimate of drug-likeness (QED) is 0.905. The highest BCUT2D eigenvalue weighted by Gasteiger charge is 2.14. The highest BCUT2D eigenvalue weighted by Crippen LogP contribution is 2.31. The van der Waals surface area contributed by atoms with Crippen molar-refractivity contribution in [3.8, 4) is 17.0 Å². The van der Waals surface area contributed by atoms with Crippen LogP contribution in [0, 0.1) is 6.92 Å². The van der Waals surface area contributed by atoms with Crippen LogP contribution in [0.25, 0.3) is 11.3 Å². The van der Waals surface area contributed by atoms with Gasteiger partial charge in [0.2, 0.25) is 5.91 Å². The summed E-state index contributed by atoms with van der Waals surface area (Å²) in [4.78, 5) is 17.1. The number of benzene rings is 1. The summed E-state index contributed by atoms with van der Waals surface area (Å²) in [6.07, 6.45) is 0. The standard InChI is InChI=1S/C14H17N3O2S.ClH/c1-8(15)13(18)17-14-16-12(9(2)20-14)10-4-6-11(19-3)7-5-10;/h4-8H,15H2,1-3H3,(H,16,17,18);1H/t8-;/m0./s1. The molecule has 1 aromatic carbocycles. The van der Waals surface area contributed by atoms with Gasteiger partial charge in [0.25, 0.3) is 0 Å². The van der Waals surface area contributed by atoms with E-state index in [-0.39, 0.29) is 18.3 Å². The molecule has 0 aliphatic heterocycles. The molecule has 3 N–H and O–H groups in total. The molecule has 0 unspecified atom stereocenters. The van der Waals surface area contributed by atoms with E-state index < -0.39 is 6.04 Å². The third-order valence-corrected chi connectivity index (χ3v) is 3.69. The molecule has 1 atom stereocenters. The first-order valence-corrected chi connectivity index (χ1v) is 7.01. The van der Waals surface area contributed by atoms with Crippen LogP contribution in [0.5, 0.6) is 5.75 Å². The zero-order chi connectivity index (χ0) is 14.7. The number of nitrogens with zero attached hydrogens (tertiary/aromatic N) is 1. The molecule has 2 rings (SSSR count). The van der Waals surface area contributed by atoms with Crippen molar-refractivity contribution in [3.05, 3.63) is 29.1 Å². The Labute approximate surface area is 133 Å². The largest absolute Gasteiger partial charge is 0.497 e. The number of amides is 1. The Morgan fingerprint density at radius 3 is 2.52 bits per heavy atom. The number of aryl methyl sites for hydroxylation is 1. The lowest BCUT2D eigenvalue weighted by molar-refractivity contribution is -0.117. The zero-order valence-electron chi connectivity index (χ0n) is 12.0. The first kappa shape index (κ1) is 17.4. The summed E-state index contributed by atoms with van der Waals surface area (Å²) in [7, 11) is 1.63. The molecule has 0 saturated carbocycles. The third-order valence-electron chi connectivity index (χ3n) is 2.80. The molecule has 0 spiro atoms. The van der Waals surface area contributed by atoms with E-state index in [1.165, 1.54) is 11.3 Å². The van der Waals surface area contributed by atoms with Gasteiger partial charge in [-0.15, -0.1) is 23.7 Å². The van der Waals surface area contributed by atoms with E-state index in [1.807, 2.05) is 31.2 Å². The molecular formula is C14H18ClN3O2S. The maximum Gasteiger partial charge on any atom is 0.242 e. The van der Waals surface area contributed by atoms with Gasteiger partial charge >= 0.3 is 0 Å². The molecule has 2 aromatic rings. The fourth-order valence-corrected chi connectivity index (χ4v) is 2.52. The Hall–Kier alpha value is -1.63. The number of thiazole rings is 1. The number of aromatic nitrogens is 1. The van der Waals surface area contributed by atoms with Gasteiger partial charge in [0.15, 0.2) is 5.13 Å². The molecule has 0 radical (unpaired) electrons. The van der Waals surface area contributed by atoms with E-state index in [4.69, 9.17) is 10.5 Å². The summed E-state index contributed by atoms with van der Waals surface area (Å²) < 4.78 is 5.13. The minimum Gasteiger partial charge on any atom is -0.497 e. The monoisotopic (exact) mass is 327 g/mol. The summed E-state index contributed by atoms with van der Waals surface area (Å²) >= 11 is 1.44. The van der Waals surface area contributed by atoms with E-state index in [0.29, 0.717) is 5.13 Å². The second-order valence-corrected chi connectivity index (χ2v) is 5.63. The number of methoxy groups -OCH3 is 1. The van der Waals surface area contributed by atoms with Gasteiger partial charge in [-0.1, -0.05) is 0 Å². The van der Waals surface area contributed by atoms with Crippen LogP contribution < -0.4 is 15.8 Å². The first-order chi connectivity index (χ1) is 9.51. The average Bonchev–Trinajstić information content (AvgIpc) is 2.79. The third kappa shape index (κ3) is 4.17. The van der Waals surface area contributed by atoms with Gasteiger partial charge in [-0.3, -0.25) is 4.79 Å². The average molecular weight is 328 g/mol. The number of anilines is 1. The van der Waals surface area contributed by atoms with Crippen LogP contribution in [0.15, 0.2) is 24.3 Å². The first-order valence-electron chi connectivity index (χ1n) is 6.19. The highest BCUT2D eigenvalue weighted by molar-refractivity contribution is 7.16. The Morgan fingerprint density at radius 2 is 2.00 bits per heavy atom. The maximum atomic E-state index is 11.6. The van der Waals surface area contributed by atoms with Crippen molar-refractivity contribution in [3.63, 3.8) is 0 Å². The second kappa shape index (κ2) is 7.40. The number of nitrogens with one attached hydrogen (secondary N) is 1. The van der Waals surface area contributed by atoms with Gasteiger partial charge in [-0.2, -0.15) is 0 Å². The van der Waals surface area contributed by atoms with Crippen molar-refractivity contribution in [2.24, 2.45) is 5.73 Å². The van der Waals surface area contributed by atoms with Crippen molar-refractivity contribution in [2.75, 3.05) is 12.4 Å². The molecule has 114 valence electrons. The Balaban J connectivity index is 0.00000220. The fourth-order valence-electron chi connectivity index (χ4n) is 1.69. The van der Waals surface area contributed by atoms with Gasteiger partial charge in [0.05, 0.1) is 18.8 Å². The number of hydrogen-bond donors (Lipinski definition) is 2. The smallest absolute Gasteiger partial charge is 0.242 e. The van der Waals surface area contributed by atoms with E-state index in [0.717, 1.165) is 21.9 Å². The van der Waals surface area contributed by atoms with Crippen molar-refractivity contribution < 1.29 is 9.53 Å². The highest BCUT2D eigenvalue weighted by atomic mass is 35.5. The molecule has 0 saturated heterocycles. The van der Waals surface area contributed by atoms with Crippen LogP contribution in [-0.4, -0.2) is 24.0 Å².